The number of para-hydroxylation sites is 1. The number of Topliss-reactive ketones (excluding diaryl/α,β-unsaturated/α-hetero) is 4. The number of hydrogen-bond donors (Lipinski definition) is 1. The Kier molecular flexibility index (Phi) is 28.3. The third kappa shape index (κ3) is 16.9. The zero-order chi connectivity index (χ0) is 74.6. The van der Waals surface area contributed by atoms with E-state index in [1.165, 1.54) is 29.9 Å². The highest BCUT2D eigenvalue weighted by atomic mass is 31.2. The molecule has 0 aromatic heterocycles. The first kappa shape index (κ1) is 89.1. The molecule has 10 aromatic carbocycles. The maximum Gasteiger partial charge on any atom is 0.343 e. The van der Waals surface area contributed by atoms with Crippen molar-refractivity contribution in [3.05, 3.63) is 258 Å². The molecule has 4 bridgehead atoms. The number of benzene rings is 10. The van der Waals surface area contributed by atoms with Crippen LogP contribution in [0.5, 0.6) is 34.5 Å². The number of esters is 1. The summed E-state index contributed by atoms with van der Waals surface area (Å²) in [5.74, 6) is 0.266. The molecule has 1 N–H and O–H groups in total. The topological polar surface area (TPSA) is 262 Å². The molecule has 21 heteroatoms. The number of amides is 5. The molecule has 116 heavy (non-hydrogen) atoms. The number of imide groups is 2. The minimum atomic E-state index is -3.80. The molecule has 4 aliphatic carbocycles. The van der Waals surface area contributed by atoms with Crippen molar-refractivity contribution in [3.63, 3.8) is 0 Å². The molecule has 2 saturated heterocycles. The Balaban J connectivity index is 0.000000287. The van der Waals surface area contributed by atoms with Crippen molar-refractivity contribution in [2.24, 2.45) is 47.3 Å². The number of ketones is 4. The van der Waals surface area contributed by atoms with E-state index < -0.39 is 25.7 Å². The molecule has 4 saturated carbocycles. The van der Waals surface area contributed by atoms with Gasteiger partial charge in [0, 0.05) is 39.1 Å². The first-order chi connectivity index (χ1) is 52.4. The average Bonchev–Trinajstić information content (AvgIpc) is 1.35. The standard InChI is InChI=1S/C51H41N2O10P.C36H29NO7.8CH4/c1-60-38-23-24-44(46(27-38)64(59)45-12-5-3-10-40(45)39-9-2-4-11-43(39)63-64)62-29-42(55)32-8-6-7-31(25-32)41(54)28-61-37-21-17-35(18-22-37)52-49(56)30-15-19-36(20-16-30)53-50(57)47-33-13-14-34(26-33)48(47)51(53)58;1-20(38)21-8-13-29(14-9-21)43-19-31(39)25-3-2-24-18-30(15-10-23(24)16-25)44-36(42)22-6-11-28(12-7-22)37-34(40)32-26-4-5-27(17-26)33(32)35(37)41;;;;;;;;/h2-12,15-25,27,33-34,47-48H,13-14,26,28-29H2,1H3,(H,52,56);2-3,6-16,18,26-27,32-33H,4-5,17,19H2,1H3;8*1H4. The van der Waals surface area contributed by atoms with Crippen LogP contribution < -0.4 is 53.9 Å². The predicted octanol–water partition coefficient (Wildman–Crippen LogP) is 19.4. The smallest absolute Gasteiger partial charge is 0.343 e. The van der Waals surface area contributed by atoms with Gasteiger partial charge in [-0.15, -0.1) is 0 Å². The number of fused-ring (bicyclic) bond motifs is 14. The van der Waals surface area contributed by atoms with Crippen molar-refractivity contribution in [2.45, 2.75) is 105 Å². The molecule has 0 spiro atoms. The molecular weight excluding hydrogens is 1490 g/mol. The van der Waals surface area contributed by atoms with E-state index in [4.69, 9.17) is 28.2 Å². The van der Waals surface area contributed by atoms with Crippen LogP contribution in [0.1, 0.15) is 167 Å². The summed E-state index contributed by atoms with van der Waals surface area (Å²) in [5, 5.41) is 5.15. The van der Waals surface area contributed by atoms with Crippen LogP contribution in [0.2, 0.25) is 0 Å². The Morgan fingerprint density at radius 3 is 1.37 bits per heavy atom. The summed E-state index contributed by atoms with van der Waals surface area (Å²) in [6, 6.07) is 62.2. The van der Waals surface area contributed by atoms with Crippen LogP contribution >= 0.6 is 7.37 Å². The number of ether oxygens (including phenoxy) is 5. The summed E-state index contributed by atoms with van der Waals surface area (Å²) in [5.41, 5.74) is 5.24. The predicted molar refractivity (Wildman–Crippen MR) is 455 cm³/mol. The number of nitrogens with one attached hydrogen (secondary N) is 1. The molecule has 20 nitrogen and oxygen atoms in total. The monoisotopic (exact) mass is 1590 g/mol. The van der Waals surface area contributed by atoms with Gasteiger partial charge in [0.15, 0.2) is 43.0 Å². The quantitative estimate of drug-likeness (QED) is 0.0230. The highest BCUT2D eigenvalue weighted by Gasteiger charge is 2.62. The highest BCUT2D eigenvalue weighted by molar-refractivity contribution is 7.75. The number of hydrogen-bond acceptors (Lipinski definition) is 17. The lowest BCUT2D eigenvalue weighted by Crippen LogP contribution is -2.32. The molecule has 0 radical (unpaired) electrons. The largest absolute Gasteiger partial charge is 0.497 e. The average molecular weight is 1590 g/mol. The van der Waals surface area contributed by atoms with Crippen molar-refractivity contribution in [3.8, 4) is 45.6 Å². The molecule has 10 aromatic rings. The van der Waals surface area contributed by atoms with Gasteiger partial charge in [0.25, 0.3) is 5.91 Å². The molecule has 6 fully saturated rings. The Labute approximate surface area is 679 Å². The van der Waals surface area contributed by atoms with Crippen LogP contribution in [-0.4, -0.2) is 85.6 Å². The van der Waals surface area contributed by atoms with Crippen molar-refractivity contribution < 1.29 is 80.7 Å². The van der Waals surface area contributed by atoms with Crippen molar-refractivity contribution in [1.82, 2.24) is 0 Å². The van der Waals surface area contributed by atoms with Gasteiger partial charge in [0.05, 0.1) is 58.3 Å². The summed E-state index contributed by atoms with van der Waals surface area (Å²) in [7, 11) is -2.30. The fraction of sp³-hybridized carbons (Fsp3) is 0.284. The van der Waals surface area contributed by atoms with Gasteiger partial charge < -0.3 is 33.5 Å². The fourth-order valence-electron chi connectivity index (χ4n) is 16.7. The van der Waals surface area contributed by atoms with Crippen LogP contribution in [0.15, 0.2) is 224 Å². The van der Waals surface area contributed by atoms with Gasteiger partial charge in [0.2, 0.25) is 23.6 Å². The summed E-state index contributed by atoms with van der Waals surface area (Å²) in [6.45, 7) is 0.608. The maximum absolute atomic E-state index is 15.0. The minimum Gasteiger partial charge on any atom is -0.497 e. The summed E-state index contributed by atoms with van der Waals surface area (Å²) < 4.78 is 49.8. The van der Waals surface area contributed by atoms with Crippen LogP contribution in [0.4, 0.5) is 17.1 Å². The van der Waals surface area contributed by atoms with E-state index in [-0.39, 0.29) is 165 Å². The Bertz CT molecular complexity index is 5370. The zero-order valence-electron chi connectivity index (χ0n) is 58.6. The molecule has 7 aliphatic rings. The highest BCUT2D eigenvalue weighted by Crippen LogP contribution is 2.59. The van der Waals surface area contributed by atoms with Gasteiger partial charge >= 0.3 is 13.3 Å². The lowest BCUT2D eigenvalue weighted by molar-refractivity contribution is -0.124. The fourth-order valence-corrected chi connectivity index (χ4v) is 19.1. The maximum atomic E-state index is 15.0. The molecule has 9 atom stereocenters. The third-order valence-corrected chi connectivity index (χ3v) is 24.5. The van der Waals surface area contributed by atoms with Gasteiger partial charge in [-0.3, -0.25) is 57.5 Å². The molecular formula is C95H102N3O17P. The SMILES string of the molecule is C.C.C.C.C.C.C.C.CC(=O)c1ccc(OCC(=O)c2ccc3cc(OC(=O)c4ccc(N5C(=O)C6C7CCC(C7)C6C5=O)cc4)ccc3c2)cc1.COc1ccc(OCC(=O)c2cccc(C(=O)COc3ccc(NC(=O)c4ccc(N5C(=O)C6C7CCC(C7)C6C5=O)cc4)cc3)c2)c(P2(=O)Oc3ccccc3-c3ccccc32)c1. The number of anilines is 3. The molecule has 9 unspecified atom stereocenters. The Morgan fingerprint density at radius 2 is 0.845 bits per heavy atom. The first-order valence-corrected chi connectivity index (χ1v) is 37.5. The van der Waals surface area contributed by atoms with Gasteiger partial charge in [-0.25, -0.2) is 4.79 Å². The summed E-state index contributed by atoms with van der Waals surface area (Å²) in [4.78, 5) is 132. The zero-order valence-corrected chi connectivity index (χ0v) is 59.5. The third-order valence-electron chi connectivity index (χ3n) is 22.0. The van der Waals surface area contributed by atoms with Crippen molar-refractivity contribution in [2.75, 3.05) is 42.0 Å². The molecule has 3 heterocycles. The van der Waals surface area contributed by atoms with E-state index in [1.807, 2.05) is 30.3 Å². The van der Waals surface area contributed by atoms with E-state index in [0.717, 1.165) is 60.4 Å². The van der Waals surface area contributed by atoms with E-state index in [0.29, 0.717) is 97.0 Å². The minimum absolute atomic E-state index is 0. The second-order valence-corrected chi connectivity index (χ2v) is 30.5. The van der Waals surface area contributed by atoms with Gasteiger partial charge in [-0.05, 0) is 237 Å². The number of nitrogens with zero attached hydrogens (tertiary/aromatic N) is 2. The second-order valence-electron chi connectivity index (χ2n) is 28.3. The van der Waals surface area contributed by atoms with E-state index in [1.54, 1.807) is 188 Å². The van der Waals surface area contributed by atoms with Crippen molar-refractivity contribution >= 4 is 104 Å². The van der Waals surface area contributed by atoms with E-state index >= 15 is 0 Å². The summed E-state index contributed by atoms with van der Waals surface area (Å²) in [6.07, 6.45) is 6.00. The van der Waals surface area contributed by atoms with Gasteiger partial charge in [-0.2, -0.15) is 0 Å². The number of carbonyl (C=O) groups is 10. The lowest BCUT2D eigenvalue weighted by Gasteiger charge is -2.30. The molecule has 17 rings (SSSR count). The molecule has 604 valence electrons. The summed E-state index contributed by atoms with van der Waals surface area (Å²) >= 11 is 0. The van der Waals surface area contributed by atoms with Crippen LogP contribution in [0, 0.1) is 47.3 Å². The Morgan fingerprint density at radius 1 is 0.414 bits per heavy atom. The van der Waals surface area contributed by atoms with E-state index in [9.17, 15) is 52.5 Å². The molecule has 3 aliphatic heterocycles. The lowest BCUT2D eigenvalue weighted by atomic mass is 9.81. The number of carbonyl (C=O) groups excluding carboxylic acids is 10. The van der Waals surface area contributed by atoms with Crippen molar-refractivity contribution in [1.29, 1.82) is 0 Å². The van der Waals surface area contributed by atoms with Crippen LogP contribution in [-0.2, 0) is 23.7 Å². The normalized spacial score (nSPS) is 20.1. The van der Waals surface area contributed by atoms with Gasteiger partial charge in [-0.1, -0.05) is 132 Å². The van der Waals surface area contributed by atoms with Crippen LogP contribution in [0.25, 0.3) is 21.9 Å². The Hall–Kier alpha value is -12.4. The van der Waals surface area contributed by atoms with E-state index in [2.05, 4.69) is 5.32 Å². The molecule has 5 amide bonds. The number of rotatable bonds is 21. The second kappa shape index (κ2) is 36.8. The van der Waals surface area contributed by atoms with Gasteiger partial charge in [0.1, 0.15) is 34.5 Å². The van der Waals surface area contributed by atoms with Crippen LogP contribution in [0.3, 0.4) is 0 Å². The number of methoxy groups -OCH3 is 1. The first-order valence-electron chi connectivity index (χ1n) is 35.9.